The van der Waals surface area contributed by atoms with Crippen LogP contribution in [0.2, 0.25) is 0 Å². The topological polar surface area (TPSA) is 88.5 Å². The minimum atomic E-state index is -0.434. The number of aryl methyl sites for hydroxylation is 1. The lowest BCUT2D eigenvalue weighted by Gasteiger charge is -2.13. The first-order valence-corrected chi connectivity index (χ1v) is 6.24. The van der Waals surface area contributed by atoms with Crippen molar-refractivity contribution in [1.82, 2.24) is 25.0 Å². The zero-order valence-electron chi connectivity index (χ0n) is 11.2. The molecule has 20 heavy (non-hydrogen) atoms. The highest BCUT2D eigenvalue weighted by atomic mass is 16.2. The van der Waals surface area contributed by atoms with Gasteiger partial charge in [0, 0.05) is 5.39 Å². The van der Waals surface area contributed by atoms with Crippen molar-refractivity contribution in [2.45, 2.75) is 19.9 Å². The highest BCUT2D eigenvalue weighted by Gasteiger charge is 2.17. The smallest absolute Gasteiger partial charge is 0.249 e. The highest BCUT2D eigenvalue weighted by Crippen LogP contribution is 2.24. The maximum Gasteiger partial charge on any atom is 0.249 e. The molecule has 1 amide bonds. The number of aromatic nitrogens is 5. The minimum absolute atomic E-state index is 0.157. The average Bonchev–Trinajstić information content (AvgIpc) is 3.11. The van der Waals surface area contributed by atoms with E-state index in [1.54, 1.807) is 13.1 Å². The van der Waals surface area contributed by atoms with Crippen molar-refractivity contribution in [1.29, 1.82) is 0 Å². The van der Waals surface area contributed by atoms with Crippen molar-refractivity contribution < 1.29 is 4.79 Å². The van der Waals surface area contributed by atoms with Gasteiger partial charge in [0.05, 0.1) is 17.4 Å². The van der Waals surface area contributed by atoms with Gasteiger partial charge < -0.3 is 5.32 Å². The highest BCUT2D eigenvalue weighted by molar-refractivity contribution is 6.02. The number of hydrogen-bond donors (Lipinski definition) is 2. The Bertz CT molecular complexity index is 745. The summed E-state index contributed by atoms with van der Waals surface area (Å²) in [7, 11) is 0. The van der Waals surface area contributed by atoms with Gasteiger partial charge in [0.15, 0.2) is 0 Å². The summed E-state index contributed by atoms with van der Waals surface area (Å²) in [6.07, 6.45) is 4.68. The van der Waals surface area contributed by atoms with Crippen molar-refractivity contribution in [2.24, 2.45) is 0 Å². The molecule has 3 aromatic rings. The molecule has 0 saturated heterocycles. The second kappa shape index (κ2) is 4.76. The van der Waals surface area contributed by atoms with Crippen LogP contribution in [0.25, 0.3) is 10.9 Å². The molecule has 102 valence electrons. The first kappa shape index (κ1) is 12.3. The third kappa shape index (κ3) is 2.03. The van der Waals surface area contributed by atoms with Crippen molar-refractivity contribution in [3.05, 3.63) is 36.5 Å². The Hall–Kier alpha value is -2.70. The fourth-order valence-corrected chi connectivity index (χ4v) is 2.05. The van der Waals surface area contributed by atoms with Crippen molar-refractivity contribution in [3.8, 4) is 0 Å². The van der Waals surface area contributed by atoms with Crippen LogP contribution in [0, 0.1) is 6.92 Å². The summed E-state index contributed by atoms with van der Waals surface area (Å²) in [6.45, 7) is 3.77. The molecule has 0 fully saturated rings. The van der Waals surface area contributed by atoms with Crippen LogP contribution in [-0.2, 0) is 4.79 Å². The Morgan fingerprint density at radius 3 is 3.05 bits per heavy atom. The number of benzene rings is 1. The number of amides is 1. The van der Waals surface area contributed by atoms with Gasteiger partial charge >= 0.3 is 0 Å². The summed E-state index contributed by atoms with van der Waals surface area (Å²) in [5.74, 6) is -0.157. The molecule has 3 rings (SSSR count). The van der Waals surface area contributed by atoms with Gasteiger partial charge in [-0.2, -0.15) is 10.2 Å². The Morgan fingerprint density at radius 2 is 2.30 bits per heavy atom. The number of fused-ring (bicyclic) bond motifs is 1. The summed E-state index contributed by atoms with van der Waals surface area (Å²) in [5, 5.41) is 14.8. The van der Waals surface area contributed by atoms with Gasteiger partial charge in [-0.25, -0.2) is 9.67 Å². The fraction of sp³-hybridized carbons (Fsp3) is 0.231. The van der Waals surface area contributed by atoms with Crippen LogP contribution in [0.1, 0.15) is 18.5 Å². The number of anilines is 1. The van der Waals surface area contributed by atoms with E-state index < -0.39 is 6.04 Å². The molecule has 7 nitrogen and oxygen atoms in total. The predicted octanol–water partition coefficient (Wildman–Crippen LogP) is 1.66. The molecule has 0 radical (unpaired) electrons. The molecule has 1 aromatic carbocycles. The van der Waals surface area contributed by atoms with E-state index >= 15 is 0 Å². The summed E-state index contributed by atoms with van der Waals surface area (Å²) in [4.78, 5) is 16.1. The number of aromatic amines is 1. The number of H-pyrrole nitrogens is 1. The standard InChI is InChI=1S/C13H14N6O/c1-8-3-4-11(12-10(8)5-15-18-12)17-13(20)9(2)19-7-14-6-16-19/h3-7,9H,1-2H3,(H,15,18)(H,17,20)/t9-/m1/s1. The van der Waals surface area contributed by atoms with Gasteiger partial charge in [-0.15, -0.1) is 0 Å². The molecule has 0 aliphatic heterocycles. The molecule has 7 heteroatoms. The number of nitrogens with zero attached hydrogens (tertiary/aromatic N) is 4. The predicted molar refractivity (Wildman–Crippen MR) is 74.2 cm³/mol. The molecule has 2 aromatic heterocycles. The fourth-order valence-electron chi connectivity index (χ4n) is 2.05. The lowest BCUT2D eigenvalue weighted by atomic mass is 10.1. The van der Waals surface area contributed by atoms with Crippen LogP contribution in [0.4, 0.5) is 5.69 Å². The Balaban J connectivity index is 1.88. The maximum atomic E-state index is 12.2. The number of carbonyl (C=O) groups is 1. The second-order valence-corrected chi connectivity index (χ2v) is 4.63. The summed E-state index contributed by atoms with van der Waals surface area (Å²) >= 11 is 0. The van der Waals surface area contributed by atoms with Crippen LogP contribution in [0.3, 0.4) is 0 Å². The normalized spacial score (nSPS) is 12.5. The third-order valence-corrected chi connectivity index (χ3v) is 3.30. The molecule has 0 aliphatic carbocycles. The zero-order valence-corrected chi connectivity index (χ0v) is 11.2. The van der Waals surface area contributed by atoms with E-state index in [-0.39, 0.29) is 5.91 Å². The Morgan fingerprint density at radius 1 is 1.45 bits per heavy atom. The van der Waals surface area contributed by atoms with Crippen molar-refractivity contribution in [3.63, 3.8) is 0 Å². The van der Waals surface area contributed by atoms with Crippen LogP contribution in [-0.4, -0.2) is 30.9 Å². The van der Waals surface area contributed by atoms with Gasteiger partial charge in [0.25, 0.3) is 0 Å². The molecular weight excluding hydrogens is 256 g/mol. The van der Waals surface area contributed by atoms with E-state index in [4.69, 9.17) is 0 Å². The largest absolute Gasteiger partial charge is 0.322 e. The van der Waals surface area contributed by atoms with Gasteiger partial charge in [0.1, 0.15) is 18.7 Å². The Labute approximate surface area is 115 Å². The van der Waals surface area contributed by atoms with Crippen LogP contribution in [0.5, 0.6) is 0 Å². The number of nitrogens with one attached hydrogen (secondary N) is 2. The maximum absolute atomic E-state index is 12.2. The SMILES string of the molecule is Cc1ccc(NC(=O)[C@@H](C)n2cncn2)c2[nH]ncc12. The molecule has 2 N–H and O–H groups in total. The second-order valence-electron chi connectivity index (χ2n) is 4.63. The monoisotopic (exact) mass is 270 g/mol. The Kier molecular flexibility index (Phi) is 2.94. The van der Waals surface area contributed by atoms with E-state index in [0.29, 0.717) is 5.69 Å². The zero-order chi connectivity index (χ0) is 14.1. The van der Waals surface area contributed by atoms with Crippen molar-refractivity contribution >= 4 is 22.5 Å². The van der Waals surface area contributed by atoms with Gasteiger partial charge in [-0.3, -0.25) is 9.89 Å². The molecule has 1 atom stereocenters. The number of hydrogen-bond acceptors (Lipinski definition) is 4. The summed E-state index contributed by atoms with van der Waals surface area (Å²) in [6, 6.07) is 3.38. The quantitative estimate of drug-likeness (QED) is 0.757. The minimum Gasteiger partial charge on any atom is -0.322 e. The first-order valence-electron chi connectivity index (χ1n) is 6.24. The van der Waals surface area contributed by atoms with E-state index in [1.165, 1.54) is 17.3 Å². The van der Waals surface area contributed by atoms with E-state index in [2.05, 4.69) is 25.6 Å². The molecular formula is C13H14N6O. The lowest BCUT2D eigenvalue weighted by molar-refractivity contribution is -0.119. The van der Waals surface area contributed by atoms with Crippen LogP contribution in [0.15, 0.2) is 31.0 Å². The van der Waals surface area contributed by atoms with Crippen molar-refractivity contribution in [2.75, 3.05) is 5.32 Å². The van der Waals surface area contributed by atoms with Crippen LogP contribution < -0.4 is 5.32 Å². The molecule has 0 unspecified atom stereocenters. The molecule has 0 saturated carbocycles. The lowest BCUT2D eigenvalue weighted by Crippen LogP contribution is -2.24. The van der Waals surface area contributed by atoms with Gasteiger partial charge in [-0.1, -0.05) is 6.07 Å². The molecule has 0 spiro atoms. The van der Waals surface area contributed by atoms with E-state index in [9.17, 15) is 4.79 Å². The van der Waals surface area contributed by atoms with Gasteiger partial charge in [0.2, 0.25) is 5.91 Å². The number of rotatable bonds is 3. The third-order valence-electron chi connectivity index (χ3n) is 3.30. The average molecular weight is 270 g/mol. The first-order chi connectivity index (χ1) is 9.66. The van der Waals surface area contributed by atoms with E-state index in [1.807, 2.05) is 19.1 Å². The summed E-state index contributed by atoms with van der Waals surface area (Å²) < 4.78 is 1.51. The summed E-state index contributed by atoms with van der Waals surface area (Å²) in [5.41, 5.74) is 2.64. The molecule has 0 aliphatic rings. The number of carbonyl (C=O) groups excluding carboxylic acids is 1. The van der Waals surface area contributed by atoms with E-state index in [0.717, 1.165) is 16.5 Å². The molecule has 0 bridgehead atoms. The molecule has 2 heterocycles. The van der Waals surface area contributed by atoms with Gasteiger partial charge in [-0.05, 0) is 25.5 Å². The van der Waals surface area contributed by atoms with Crippen LogP contribution >= 0.6 is 0 Å².